The van der Waals surface area contributed by atoms with Crippen molar-refractivity contribution in [1.82, 2.24) is 5.32 Å². The summed E-state index contributed by atoms with van der Waals surface area (Å²) in [4.78, 5) is 0. The minimum Gasteiger partial charge on any atom is -0.497 e. The quantitative estimate of drug-likeness (QED) is 0.686. The summed E-state index contributed by atoms with van der Waals surface area (Å²) in [6, 6.07) is 6.39. The molecule has 0 aliphatic carbocycles. The number of nitrogens with one attached hydrogen (secondary N) is 1. The van der Waals surface area contributed by atoms with Gasteiger partial charge in [0.05, 0.1) is 14.2 Å². The van der Waals surface area contributed by atoms with Crippen molar-refractivity contribution in [2.75, 3.05) is 21.3 Å². The maximum atomic E-state index is 5.48. The molecule has 1 atom stereocenters. The minimum atomic E-state index is 0.345. The van der Waals surface area contributed by atoms with Gasteiger partial charge in [-0.15, -0.1) is 0 Å². The van der Waals surface area contributed by atoms with Crippen LogP contribution in [0.3, 0.4) is 0 Å². The van der Waals surface area contributed by atoms with Gasteiger partial charge in [0.25, 0.3) is 0 Å². The standard InChI is InChI=1S/C16H27NO2/c1-5-6-7-8-9-15(17-2)14-11-10-13(18-3)12-16(14)19-4/h10-12,15,17H,5-9H2,1-4H3. The van der Waals surface area contributed by atoms with Gasteiger partial charge in [0.15, 0.2) is 0 Å². The van der Waals surface area contributed by atoms with Crippen LogP contribution < -0.4 is 14.8 Å². The lowest BCUT2D eigenvalue weighted by Crippen LogP contribution is -2.17. The minimum absolute atomic E-state index is 0.345. The molecule has 1 unspecified atom stereocenters. The summed E-state index contributed by atoms with van der Waals surface area (Å²) in [5.74, 6) is 1.73. The first-order chi connectivity index (χ1) is 9.26. The molecule has 0 radical (unpaired) electrons. The average Bonchev–Trinajstić information content (AvgIpc) is 2.47. The molecule has 0 aliphatic rings. The smallest absolute Gasteiger partial charge is 0.127 e. The summed E-state index contributed by atoms with van der Waals surface area (Å²) in [5.41, 5.74) is 1.21. The molecule has 108 valence electrons. The van der Waals surface area contributed by atoms with Gasteiger partial charge in [-0.05, 0) is 19.5 Å². The van der Waals surface area contributed by atoms with Gasteiger partial charge in [0, 0.05) is 17.7 Å². The Morgan fingerprint density at radius 2 is 1.89 bits per heavy atom. The summed E-state index contributed by atoms with van der Waals surface area (Å²) in [6.07, 6.45) is 6.27. The number of hydrogen-bond donors (Lipinski definition) is 1. The summed E-state index contributed by atoms with van der Waals surface area (Å²) < 4.78 is 10.7. The first kappa shape index (κ1) is 15.8. The molecule has 0 saturated carbocycles. The second kappa shape index (κ2) is 8.81. The fourth-order valence-corrected chi connectivity index (χ4v) is 2.34. The Hall–Kier alpha value is -1.22. The largest absolute Gasteiger partial charge is 0.497 e. The summed E-state index contributed by atoms with van der Waals surface area (Å²) in [5, 5.41) is 3.39. The van der Waals surface area contributed by atoms with Gasteiger partial charge in [-0.3, -0.25) is 0 Å². The lowest BCUT2D eigenvalue weighted by Gasteiger charge is -2.20. The molecular weight excluding hydrogens is 238 g/mol. The highest BCUT2D eigenvalue weighted by Gasteiger charge is 2.14. The lowest BCUT2D eigenvalue weighted by atomic mass is 9.99. The first-order valence-electron chi connectivity index (χ1n) is 7.16. The Labute approximate surface area is 117 Å². The summed E-state index contributed by atoms with van der Waals surface area (Å²) >= 11 is 0. The SMILES string of the molecule is CCCCCCC(NC)c1ccc(OC)cc1OC. The van der Waals surface area contributed by atoms with Gasteiger partial charge in [-0.2, -0.15) is 0 Å². The number of rotatable bonds is 9. The molecule has 3 heteroatoms. The number of unbranched alkanes of at least 4 members (excludes halogenated alkanes) is 3. The molecule has 0 amide bonds. The molecule has 0 fully saturated rings. The van der Waals surface area contributed by atoms with Gasteiger partial charge in [-0.25, -0.2) is 0 Å². The van der Waals surface area contributed by atoms with Crippen LogP contribution in [-0.4, -0.2) is 21.3 Å². The molecule has 0 spiro atoms. The van der Waals surface area contributed by atoms with Crippen LogP contribution in [0.2, 0.25) is 0 Å². The molecule has 0 aliphatic heterocycles. The Morgan fingerprint density at radius 3 is 2.47 bits per heavy atom. The Bertz CT molecular complexity index is 366. The van der Waals surface area contributed by atoms with Gasteiger partial charge in [0.2, 0.25) is 0 Å². The topological polar surface area (TPSA) is 30.5 Å². The van der Waals surface area contributed by atoms with Crippen LogP contribution in [0.15, 0.2) is 18.2 Å². The normalized spacial score (nSPS) is 12.2. The molecular formula is C16H27NO2. The second-order valence-corrected chi connectivity index (χ2v) is 4.80. The van der Waals surface area contributed by atoms with E-state index in [-0.39, 0.29) is 0 Å². The lowest BCUT2D eigenvalue weighted by molar-refractivity contribution is 0.382. The maximum Gasteiger partial charge on any atom is 0.127 e. The van der Waals surface area contributed by atoms with E-state index in [2.05, 4.69) is 18.3 Å². The Morgan fingerprint density at radius 1 is 1.11 bits per heavy atom. The molecule has 1 rings (SSSR count). The molecule has 1 aromatic carbocycles. The van der Waals surface area contributed by atoms with E-state index in [4.69, 9.17) is 9.47 Å². The van der Waals surface area contributed by atoms with E-state index < -0.39 is 0 Å². The molecule has 0 bridgehead atoms. The highest BCUT2D eigenvalue weighted by atomic mass is 16.5. The number of methoxy groups -OCH3 is 2. The van der Waals surface area contributed by atoms with Gasteiger partial charge in [-0.1, -0.05) is 38.7 Å². The second-order valence-electron chi connectivity index (χ2n) is 4.80. The van der Waals surface area contributed by atoms with Crippen LogP contribution in [-0.2, 0) is 0 Å². The third-order valence-electron chi connectivity index (χ3n) is 3.51. The van der Waals surface area contributed by atoms with E-state index in [1.807, 2.05) is 19.2 Å². The van der Waals surface area contributed by atoms with Crippen molar-refractivity contribution < 1.29 is 9.47 Å². The zero-order chi connectivity index (χ0) is 14.1. The van der Waals surface area contributed by atoms with E-state index in [9.17, 15) is 0 Å². The third kappa shape index (κ3) is 4.75. The molecule has 0 heterocycles. The van der Waals surface area contributed by atoms with Gasteiger partial charge < -0.3 is 14.8 Å². The Kier molecular flexibility index (Phi) is 7.34. The third-order valence-corrected chi connectivity index (χ3v) is 3.51. The van der Waals surface area contributed by atoms with Crippen LogP contribution in [0.5, 0.6) is 11.5 Å². The van der Waals surface area contributed by atoms with Crippen LogP contribution in [0.25, 0.3) is 0 Å². The Balaban J connectivity index is 2.73. The first-order valence-corrected chi connectivity index (χ1v) is 7.16. The number of ether oxygens (including phenoxy) is 2. The van der Waals surface area contributed by atoms with Crippen LogP contribution in [0.1, 0.15) is 50.6 Å². The van der Waals surface area contributed by atoms with Crippen LogP contribution in [0.4, 0.5) is 0 Å². The maximum absolute atomic E-state index is 5.48. The van der Waals surface area contributed by atoms with Crippen molar-refractivity contribution in [2.24, 2.45) is 0 Å². The highest BCUT2D eigenvalue weighted by molar-refractivity contribution is 5.42. The van der Waals surface area contributed by atoms with E-state index in [0.717, 1.165) is 17.9 Å². The monoisotopic (exact) mass is 265 g/mol. The molecule has 3 nitrogen and oxygen atoms in total. The zero-order valence-electron chi connectivity index (χ0n) is 12.7. The zero-order valence-corrected chi connectivity index (χ0v) is 12.7. The van der Waals surface area contributed by atoms with E-state index >= 15 is 0 Å². The molecule has 1 aromatic rings. The van der Waals surface area contributed by atoms with E-state index in [1.54, 1.807) is 14.2 Å². The fourth-order valence-electron chi connectivity index (χ4n) is 2.34. The molecule has 1 N–H and O–H groups in total. The summed E-state index contributed by atoms with van der Waals surface area (Å²) in [7, 11) is 5.39. The average molecular weight is 265 g/mol. The van der Waals surface area contributed by atoms with E-state index in [1.165, 1.54) is 31.2 Å². The van der Waals surface area contributed by atoms with Crippen molar-refractivity contribution >= 4 is 0 Å². The van der Waals surface area contributed by atoms with Crippen molar-refractivity contribution in [3.8, 4) is 11.5 Å². The predicted octanol–water partition coefficient (Wildman–Crippen LogP) is 3.93. The van der Waals surface area contributed by atoms with Crippen LogP contribution >= 0.6 is 0 Å². The molecule has 19 heavy (non-hydrogen) atoms. The molecule has 0 saturated heterocycles. The van der Waals surface area contributed by atoms with Crippen molar-refractivity contribution in [3.05, 3.63) is 23.8 Å². The van der Waals surface area contributed by atoms with Crippen molar-refractivity contribution in [2.45, 2.75) is 45.1 Å². The van der Waals surface area contributed by atoms with E-state index in [0.29, 0.717) is 6.04 Å². The predicted molar refractivity (Wildman–Crippen MR) is 80.1 cm³/mol. The fraction of sp³-hybridized carbons (Fsp3) is 0.625. The van der Waals surface area contributed by atoms with Gasteiger partial charge >= 0.3 is 0 Å². The number of benzene rings is 1. The summed E-state index contributed by atoms with van der Waals surface area (Å²) in [6.45, 7) is 2.24. The van der Waals surface area contributed by atoms with Crippen molar-refractivity contribution in [3.63, 3.8) is 0 Å². The van der Waals surface area contributed by atoms with Gasteiger partial charge in [0.1, 0.15) is 11.5 Å². The highest BCUT2D eigenvalue weighted by Crippen LogP contribution is 2.31. The van der Waals surface area contributed by atoms with Crippen LogP contribution in [0, 0.1) is 0 Å². The number of hydrogen-bond acceptors (Lipinski definition) is 3. The van der Waals surface area contributed by atoms with Crippen molar-refractivity contribution in [1.29, 1.82) is 0 Å². The molecule has 0 aromatic heterocycles.